The molecule has 0 saturated carbocycles. The van der Waals surface area contributed by atoms with Crippen LogP contribution in [-0.2, 0) is 4.74 Å². The number of carbonyl (C=O) groups excluding carboxylic acids is 1. The van der Waals surface area contributed by atoms with Crippen LogP contribution in [0.3, 0.4) is 0 Å². The van der Waals surface area contributed by atoms with Gasteiger partial charge in [0, 0.05) is 12.2 Å². The highest BCUT2D eigenvalue weighted by Crippen LogP contribution is 2.28. The average molecular weight is 259 g/mol. The van der Waals surface area contributed by atoms with E-state index in [2.05, 4.69) is 0 Å². The van der Waals surface area contributed by atoms with Gasteiger partial charge in [-0.2, -0.15) is 0 Å². The van der Waals surface area contributed by atoms with Crippen LogP contribution in [0.25, 0.3) is 0 Å². The minimum absolute atomic E-state index is 0.374. The van der Waals surface area contributed by atoms with E-state index in [4.69, 9.17) is 25.8 Å². The molecule has 0 saturated heterocycles. The number of rotatable bonds is 7. The van der Waals surface area contributed by atoms with Gasteiger partial charge < -0.3 is 14.2 Å². The first-order chi connectivity index (χ1) is 8.19. The molecule has 0 amide bonds. The number of hydrogen-bond acceptors (Lipinski definition) is 4. The van der Waals surface area contributed by atoms with Crippen LogP contribution in [0.2, 0.25) is 0 Å². The summed E-state index contributed by atoms with van der Waals surface area (Å²) < 4.78 is 15.7. The fourth-order valence-electron chi connectivity index (χ4n) is 1.27. The summed E-state index contributed by atoms with van der Waals surface area (Å²) in [6, 6.07) is 4.79. The summed E-state index contributed by atoms with van der Waals surface area (Å²) in [7, 11) is 1.53. The van der Waals surface area contributed by atoms with Crippen molar-refractivity contribution in [1.29, 1.82) is 0 Å². The predicted molar refractivity (Wildman–Crippen MR) is 65.2 cm³/mol. The standard InChI is InChI=1S/C12H15ClO4/c1-3-16-6-7-17-11-8-9(12(13)14)4-5-10(11)15-2/h4-5,8H,3,6-7H2,1-2H3. The molecule has 0 spiro atoms. The monoisotopic (exact) mass is 258 g/mol. The number of methoxy groups -OCH3 is 1. The molecule has 0 N–H and O–H groups in total. The fourth-order valence-corrected chi connectivity index (χ4v) is 1.38. The van der Waals surface area contributed by atoms with Crippen molar-refractivity contribution in [2.24, 2.45) is 0 Å². The highest BCUT2D eigenvalue weighted by Gasteiger charge is 2.09. The van der Waals surface area contributed by atoms with Crippen molar-refractivity contribution in [3.05, 3.63) is 23.8 Å². The van der Waals surface area contributed by atoms with Crippen LogP contribution in [0.1, 0.15) is 17.3 Å². The minimum atomic E-state index is -0.526. The van der Waals surface area contributed by atoms with Gasteiger partial charge in [-0.1, -0.05) is 0 Å². The van der Waals surface area contributed by atoms with Crippen LogP contribution in [0.5, 0.6) is 11.5 Å². The molecule has 0 heterocycles. The van der Waals surface area contributed by atoms with E-state index < -0.39 is 5.24 Å². The summed E-state index contributed by atoms with van der Waals surface area (Å²) in [5.74, 6) is 1.04. The maximum Gasteiger partial charge on any atom is 0.252 e. The molecular weight excluding hydrogens is 244 g/mol. The van der Waals surface area contributed by atoms with E-state index in [1.54, 1.807) is 18.2 Å². The lowest BCUT2D eigenvalue weighted by Crippen LogP contribution is -2.07. The molecule has 0 fully saturated rings. The Labute approximate surface area is 105 Å². The summed E-state index contributed by atoms with van der Waals surface area (Å²) in [6.45, 7) is 3.43. The van der Waals surface area contributed by atoms with Crippen LogP contribution >= 0.6 is 11.6 Å². The maximum atomic E-state index is 11.0. The predicted octanol–water partition coefficient (Wildman–Crippen LogP) is 2.49. The molecule has 1 aromatic rings. The van der Waals surface area contributed by atoms with Crippen molar-refractivity contribution in [3.8, 4) is 11.5 Å². The van der Waals surface area contributed by atoms with Crippen molar-refractivity contribution in [1.82, 2.24) is 0 Å². The Morgan fingerprint density at radius 3 is 2.65 bits per heavy atom. The van der Waals surface area contributed by atoms with E-state index in [0.29, 0.717) is 36.9 Å². The topological polar surface area (TPSA) is 44.8 Å². The molecule has 1 rings (SSSR count). The van der Waals surface area contributed by atoms with Gasteiger partial charge in [0.15, 0.2) is 11.5 Å². The lowest BCUT2D eigenvalue weighted by Gasteiger charge is -2.11. The molecule has 1 aromatic carbocycles. The average Bonchev–Trinajstić information content (AvgIpc) is 2.34. The quantitative estimate of drug-likeness (QED) is 0.557. The number of hydrogen-bond donors (Lipinski definition) is 0. The molecule has 17 heavy (non-hydrogen) atoms. The summed E-state index contributed by atoms with van der Waals surface area (Å²) in [5.41, 5.74) is 0.374. The summed E-state index contributed by atoms with van der Waals surface area (Å²) >= 11 is 5.39. The van der Waals surface area contributed by atoms with Crippen LogP contribution < -0.4 is 9.47 Å². The van der Waals surface area contributed by atoms with Gasteiger partial charge in [-0.15, -0.1) is 0 Å². The number of benzene rings is 1. The van der Waals surface area contributed by atoms with Crippen LogP contribution in [-0.4, -0.2) is 32.2 Å². The van der Waals surface area contributed by atoms with Crippen molar-refractivity contribution < 1.29 is 19.0 Å². The van der Waals surface area contributed by atoms with Crippen molar-refractivity contribution in [2.45, 2.75) is 6.92 Å². The van der Waals surface area contributed by atoms with Gasteiger partial charge in [0.05, 0.1) is 13.7 Å². The third-order valence-electron chi connectivity index (χ3n) is 2.08. The second-order valence-corrected chi connectivity index (χ2v) is 3.53. The maximum absolute atomic E-state index is 11.0. The van der Waals surface area contributed by atoms with Gasteiger partial charge in [-0.25, -0.2) is 0 Å². The van der Waals surface area contributed by atoms with Gasteiger partial charge in [0.2, 0.25) is 0 Å². The van der Waals surface area contributed by atoms with Gasteiger partial charge in [-0.3, -0.25) is 4.79 Å². The van der Waals surface area contributed by atoms with Crippen LogP contribution in [0, 0.1) is 0 Å². The zero-order valence-electron chi connectivity index (χ0n) is 9.86. The Morgan fingerprint density at radius 1 is 1.29 bits per heavy atom. The van der Waals surface area contributed by atoms with Crippen molar-refractivity contribution in [2.75, 3.05) is 26.9 Å². The van der Waals surface area contributed by atoms with E-state index in [-0.39, 0.29) is 0 Å². The first-order valence-corrected chi connectivity index (χ1v) is 5.65. The highest BCUT2D eigenvalue weighted by atomic mass is 35.5. The Balaban J connectivity index is 2.72. The number of halogens is 1. The van der Waals surface area contributed by atoms with Crippen molar-refractivity contribution in [3.63, 3.8) is 0 Å². The zero-order valence-corrected chi connectivity index (χ0v) is 10.6. The molecule has 0 bridgehead atoms. The lowest BCUT2D eigenvalue weighted by molar-refractivity contribution is 0.107. The van der Waals surface area contributed by atoms with E-state index in [0.717, 1.165) is 0 Å². The van der Waals surface area contributed by atoms with E-state index in [1.807, 2.05) is 6.92 Å². The van der Waals surface area contributed by atoms with Gasteiger partial charge in [-0.05, 0) is 36.7 Å². The fraction of sp³-hybridized carbons (Fsp3) is 0.417. The molecule has 0 radical (unpaired) electrons. The molecule has 94 valence electrons. The van der Waals surface area contributed by atoms with Gasteiger partial charge in [0.25, 0.3) is 5.24 Å². The zero-order chi connectivity index (χ0) is 12.7. The van der Waals surface area contributed by atoms with Crippen molar-refractivity contribution >= 4 is 16.8 Å². The second kappa shape index (κ2) is 7.14. The summed E-state index contributed by atoms with van der Waals surface area (Å²) in [4.78, 5) is 11.0. The molecule has 0 aliphatic carbocycles. The normalized spacial score (nSPS) is 10.1. The first kappa shape index (κ1) is 13.8. The largest absolute Gasteiger partial charge is 0.493 e. The molecule has 0 unspecified atom stereocenters. The minimum Gasteiger partial charge on any atom is -0.493 e. The Hall–Kier alpha value is -1.26. The lowest BCUT2D eigenvalue weighted by atomic mass is 10.2. The smallest absolute Gasteiger partial charge is 0.252 e. The Morgan fingerprint density at radius 2 is 2.06 bits per heavy atom. The molecule has 0 atom stereocenters. The van der Waals surface area contributed by atoms with E-state index >= 15 is 0 Å². The molecule has 0 aliphatic rings. The third kappa shape index (κ3) is 4.24. The molecule has 4 nitrogen and oxygen atoms in total. The highest BCUT2D eigenvalue weighted by molar-refractivity contribution is 6.67. The Bertz CT molecular complexity index is 379. The molecule has 0 aromatic heterocycles. The number of carbonyl (C=O) groups is 1. The van der Waals surface area contributed by atoms with Crippen LogP contribution in [0.15, 0.2) is 18.2 Å². The third-order valence-corrected chi connectivity index (χ3v) is 2.30. The molecule has 0 aliphatic heterocycles. The molecule has 5 heteroatoms. The SMILES string of the molecule is CCOCCOc1cc(C(=O)Cl)ccc1OC. The first-order valence-electron chi connectivity index (χ1n) is 5.27. The molecular formula is C12H15ClO4. The van der Waals surface area contributed by atoms with Gasteiger partial charge >= 0.3 is 0 Å². The van der Waals surface area contributed by atoms with E-state index in [1.165, 1.54) is 7.11 Å². The summed E-state index contributed by atoms with van der Waals surface area (Å²) in [5, 5.41) is -0.526. The van der Waals surface area contributed by atoms with Crippen LogP contribution in [0.4, 0.5) is 0 Å². The van der Waals surface area contributed by atoms with E-state index in [9.17, 15) is 4.79 Å². The Kier molecular flexibility index (Phi) is 5.80. The second-order valence-electron chi connectivity index (χ2n) is 3.18. The van der Waals surface area contributed by atoms with Gasteiger partial charge in [0.1, 0.15) is 6.61 Å². The summed E-state index contributed by atoms with van der Waals surface area (Å²) in [6.07, 6.45) is 0. The number of ether oxygens (including phenoxy) is 3.